The van der Waals surface area contributed by atoms with Crippen LogP contribution in [0.3, 0.4) is 0 Å². The van der Waals surface area contributed by atoms with E-state index < -0.39 is 0 Å². The number of hydrogen-bond acceptors (Lipinski definition) is 3. The Bertz CT molecular complexity index is 211. The van der Waals surface area contributed by atoms with E-state index in [9.17, 15) is 4.79 Å². The van der Waals surface area contributed by atoms with Gasteiger partial charge in [0.25, 0.3) is 0 Å². The first-order valence-corrected chi connectivity index (χ1v) is 5.12. The van der Waals surface area contributed by atoms with Crippen molar-refractivity contribution in [1.29, 1.82) is 0 Å². The van der Waals surface area contributed by atoms with Crippen LogP contribution in [0, 0.1) is 5.41 Å². The van der Waals surface area contributed by atoms with Crippen molar-refractivity contribution in [3.8, 4) is 0 Å². The third kappa shape index (κ3) is 2.98. The summed E-state index contributed by atoms with van der Waals surface area (Å²) in [6.07, 6.45) is 2.69. The second-order valence-electron chi connectivity index (χ2n) is 5.03. The molecule has 1 saturated carbocycles. The quantitative estimate of drug-likeness (QED) is 0.652. The summed E-state index contributed by atoms with van der Waals surface area (Å²) in [7, 11) is 1.66. The minimum Gasteiger partial charge on any atom is -0.460 e. The van der Waals surface area contributed by atoms with E-state index in [1.54, 1.807) is 7.11 Å². The zero-order chi connectivity index (χ0) is 10.8. The van der Waals surface area contributed by atoms with Gasteiger partial charge in [-0.2, -0.15) is 0 Å². The molecule has 0 heterocycles. The minimum atomic E-state index is -0.375. The number of methoxy groups -OCH3 is 1. The van der Waals surface area contributed by atoms with Gasteiger partial charge in [-0.15, -0.1) is 0 Å². The van der Waals surface area contributed by atoms with Gasteiger partial charge in [0.15, 0.2) is 0 Å². The molecule has 0 spiro atoms. The molecule has 82 valence electrons. The molecule has 0 aromatic rings. The Morgan fingerprint density at radius 3 is 2.29 bits per heavy atom. The molecule has 0 aromatic carbocycles. The van der Waals surface area contributed by atoms with Crippen LogP contribution in [0.25, 0.3) is 0 Å². The van der Waals surface area contributed by atoms with Crippen molar-refractivity contribution in [3.05, 3.63) is 0 Å². The van der Waals surface area contributed by atoms with Crippen molar-refractivity contribution in [2.75, 3.05) is 13.7 Å². The van der Waals surface area contributed by atoms with Gasteiger partial charge < -0.3 is 9.47 Å². The zero-order valence-electron chi connectivity index (χ0n) is 9.55. The summed E-state index contributed by atoms with van der Waals surface area (Å²) in [5, 5.41) is 0. The lowest BCUT2D eigenvalue weighted by molar-refractivity contribution is -0.162. The van der Waals surface area contributed by atoms with Gasteiger partial charge in [0.05, 0.1) is 5.41 Å². The van der Waals surface area contributed by atoms with Crippen LogP contribution in [-0.2, 0) is 14.3 Å². The molecule has 0 atom stereocenters. The average molecular weight is 200 g/mol. The zero-order valence-corrected chi connectivity index (χ0v) is 9.55. The molecule has 0 aromatic heterocycles. The Morgan fingerprint density at radius 1 is 1.36 bits per heavy atom. The molecule has 1 aliphatic carbocycles. The van der Waals surface area contributed by atoms with Gasteiger partial charge in [-0.25, -0.2) is 0 Å². The van der Waals surface area contributed by atoms with Gasteiger partial charge in [-0.3, -0.25) is 4.79 Å². The standard InChI is InChI=1S/C11H20O3/c1-10(2,3)14-9(12)11(5-6-11)7-8-13-4/h5-8H2,1-4H3. The number of esters is 1. The van der Waals surface area contributed by atoms with Crippen molar-refractivity contribution in [2.24, 2.45) is 5.41 Å². The molecule has 14 heavy (non-hydrogen) atoms. The lowest BCUT2D eigenvalue weighted by Crippen LogP contribution is -2.30. The molecule has 0 radical (unpaired) electrons. The van der Waals surface area contributed by atoms with E-state index in [-0.39, 0.29) is 17.0 Å². The molecule has 0 amide bonds. The van der Waals surface area contributed by atoms with Crippen LogP contribution < -0.4 is 0 Å². The Labute approximate surface area is 85.8 Å². The highest BCUT2D eigenvalue weighted by molar-refractivity contribution is 5.80. The first-order chi connectivity index (χ1) is 6.40. The lowest BCUT2D eigenvalue weighted by Gasteiger charge is -2.23. The fourth-order valence-corrected chi connectivity index (χ4v) is 1.39. The Morgan fingerprint density at radius 2 is 1.93 bits per heavy atom. The van der Waals surface area contributed by atoms with Crippen LogP contribution in [0.2, 0.25) is 0 Å². The molecule has 1 rings (SSSR count). The third-order valence-corrected chi connectivity index (χ3v) is 2.47. The van der Waals surface area contributed by atoms with Gasteiger partial charge in [0, 0.05) is 13.7 Å². The average Bonchev–Trinajstić information content (AvgIpc) is 2.78. The SMILES string of the molecule is COCCC1(C(=O)OC(C)(C)C)CC1. The van der Waals surface area contributed by atoms with E-state index in [1.165, 1.54) is 0 Å². The van der Waals surface area contributed by atoms with Crippen LogP contribution in [0.4, 0.5) is 0 Å². The fraction of sp³-hybridized carbons (Fsp3) is 0.909. The second-order valence-corrected chi connectivity index (χ2v) is 5.03. The molecule has 0 bridgehead atoms. The van der Waals surface area contributed by atoms with Gasteiger partial charge in [0.1, 0.15) is 5.60 Å². The largest absolute Gasteiger partial charge is 0.460 e. The minimum absolute atomic E-state index is 0.0537. The molecule has 1 fully saturated rings. The van der Waals surface area contributed by atoms with Crippen molar-refractivity contribution < 1.29 is 14.3 Å². The Balaban J connectivity index is 2.44. The molecule has 0 aliphatic heterocycles. The van der Waals surface area contributed by atoms with Crippen LogP contribution in [-0.4, -0.2) is 25.3 Å². The monoisotopic (exact) mass is 200 g/mol. The van der Waals surface area contributed by atoms with Crippen molar-refractivity contribution in [2.45, 2.75) is 45.6 Å². The van der Waals surface area contributed by atoms with E-state index in [2.05, 4.69) is 0 Å². The van der Waals surface area contributed by atoms with Crippen molar-refractivity contribution in [3.63, 3.8) is 0 Å². The number of carbonyl (C=O) groups is 1. The number of hydrogen-bond donors (Lipinski definition) is 0. The summed E-state index contributed by atoms with van der Waals surface area (Å²) in [6, 6.07) is 0. The summed E-state index contributed by atoms with van der Waals surface area (Å²) in [5.74, 6) is -0.0537. The Hall–Kier alpha value is -0.570. The number of carbonyl (C=O) groups excluding carboxylic acids is 1. The number of rotatable bonds is 4. The molecule has 1 aliphatic rings. The summed E-state index contributed by atoms with van der Waals surface area (Å²) in [4.78, 5) is 11.8. The fourth-order valence-electron chi connectivity index (χ4n) is 1.39. The van der Waals surface area contributed by atoms with Crippen molar-refractivity contribution >= 4 is 5.97 Å². The summed E-state index contributed by atoms with van der Waals surface area (Å²) in [5.41, 5.74) is -0.594. The molecule has 3 heteroatoms. The van der Waals surface area contributed by atoms with Crippen LogP contribution >= 0.6 is 0 Å². The predicted molar refractivity (Wildman–Crippen MR) is 54.0 cm³/mol. The highest BCUT2D eigenvalue weighted by Gasteiger charge is 2.51. The second kappa shape index (κ2) is 3.89. The van der Waals surface area contributed by atoms with E-state index in [1.807, 2.05) is 20.8 Å². The van der Waals surface area contributed by atoms with Crippen molar-refractivity contribution in [1.82, 2.24) is 0 Å². The first kappa shape index (κ1) is 11.5. The third-order valence-electron chi connectivity index (χ3n) is 2.47. The predicted octanol–water partition coefficient (Wildman–Crippen LogP) is 2.14. The van der Waals surface area contributed by atoms with Gasteiger partial charge in [-0.05, 0) is 40.0 Å². The van der Waals surface area contributed by atoms with Crippen LogP contribution in [0.15, 0.2) is 0 Å². The summed E-state index contributed by atoms with van der Waals surface area (Å²) >= 11 is 0. The van der Waals surface area contributed by atoms with E-state index in [0.717, 1.165) is 19.3 Å². The van der Waals surface area contributed by atoms with Crippen LogP contribution in [0.5, 0.6) is 0 Å². The molecule has 3 nitrogen and oxygen atoms in total. The van der Waals surface area contributed by atoms with E-state index >= 15 is 0 Å². The maximum Gasteiger partial charge on any atom is 0.312 e. The van der Waals surface area contributed by atoms with Gasteiger partial charge in [0.2, 0.25) is 0 Å². The molecular formula is C11H20O3. The number of ether oxygens (including phenoxy) is 2. The van der Waals surface area contributed by atoms with Crippen LogP contribution in [0.1, 0.15) is 40.0 Å². The van der Waals surface area contributed by atoms with E-state index in [4.69, 9.17) is 9.47 Å². The topological polar surface area (TPSA) is 35.5 Å². The summed E-state index contributed by atoms with van der Waals surface area (Å²) in [6.45, 7) is 6.34. The highest BCUT2D eigenvalue weighted by atomic mass is 16.6. The van der Waals surface area contributed by atoms with E-state index in [0.29, 0.717) is 6.61 Å². The summed E-state index contributed by atoms with van der Waals surface area (Å²) < 4.78 is 10.4. The molecule has 0 unspecified atom stereocenters. The highest BCUT2D eigenvalue weighted by Crippen LogP contribution is 2.50. The molecule has 0 saturated heterocycles. The smallest absolute Gasteiger partial charge is 0.312 e. The maximum absolute atomic E-state index is 11.8. The van der Waals surface area contributed by atoms with Gasteiger partial charge >= 0.3 is 5.97 Å². The first-order valence-electron chi connectivity index (χ1n) is 5.12. The maximum atomic E-state index is 11.8. The van der Waals surface area contributed by atoms with Gasteiger partial charge in [-0.1, -0.05) is 0 Å². The normalized spacial score (nSPS) is 19.1. The lowest BCUT2D eigenvalue weighted by atomic mass is 10.0. The molecular weight excluding hydrogens is 180 g/mol. The Kier molecular flexibility index (Phi) is 3.20. The molecule has 0 N–H and O–H groups in total.